The smallest absolute Gasteiger partial charge is 0.496 e. The summed E-state index contributed by atoms with van der Waals surface area (Å²) >= 11 is 0. The van der Waals surface area contributed by atoms with Gasteiger partial charge in [-0.25, -0.2) is 15.0 Å². The van der Waals surface area contributed by atoms with E-state index in [0.29, 0.717) is 68.9 Å². The van der Waals surface area contributed by atoms with Gasteiger partial charge in [0.2, 0.25) is 0 Å². The van der Waals surface area contributed by atoms with Crippen molar-refractivity contribution in [1.29, 1.82) is 5.26 Å². The number of ether oxygens (including phenoxy) is 7. The minimum atomic E-state index is -3.80. The molecule has 1 aliphatic rings. The van der Waals surface area contributed by atoms with Crippen LogP contribution in [0.25, 0.3) is 34.2 Å². The number of halogens is 6. The van der Waals surface area contributed by atoms with Crippen LogP contribution in [0.4, 0.5) is 26.3 Å². The number of fused-ring (bicyclic) bond motifs is 1. The largest absolute Gasteiger partial charge is 0.586 e. The van der Waals surface area contributed by atoms with Crippen LogP contribution >= 0.6 is 0 Å². The zero-order chi connectivity index (χ0) is 60.6. The van der Waals surface area contributed by atoms with E-state index < -0.39 is 37.2 Å². The van der Waals surface area contributed by atoms with Crippen molar-refractivity contribution >= 4 is 17.7 Å². The lowest BCUT2D eigenvalue weighted by Crippen LogP contribution is -2.27. The van der Waals surface area contributed by atoms with E-state index in [9.17, 15) is 40.7 Å². The van der Waals surface area contributed by atoms with Crippen molar-refractivity contribution < 1.29 is 73.9 Å². The third-order valence-corrected chi connectivity index (χ3v) is 11.7. The number of H-pyrrole nitrogens is 3. The number of hydrogen-bond acceptors (Lipinski definition) is 17. The molecule has 0 bridgehead atoms. The fourth-order valence-corrected chi connectivity index (χ4v) is 7.89. The Hall–Kier alpha value is -11.2. The predicted octanol–water partition coefficient (Wildman–Crippen LogP) is 8.94. The monoisotopic (exact) mass is 1180 g/mol. The predicted molar refractivity (Wildman–Crippen MR) is 287 cm³/mol. The second-order valence-corrected chi connectivity index (χ2v) is 17.3. The second-order valence-electron chi connectivity index (χ2n) is 17.3. The number of alkyl halides is 6. The molecule has 0 atom stereocenters. The van der Waals surface area contributed by atoms with E-state index in [1.807, 2.05) is 61.5 Å². The molecule has 3 amide bonds. The standard InChI is InChI=1S/C19H15F2N5O3.C19H16F2N4O4.C18H16F2N4O3/c1-28-14-5-3-2-4-12(14)17-24-16(25-26-17)10-23-18(27)13-8-11(9-22)6-7-15(13)29-19(20)21;1-10-6-7-13(27-2)12(8-10)17-23-15(24-25-17)9-22-18(26)11-4-3-5-14-16(11)29-19(20,21)28-14;1-26-13-8-4-2-6-11(13)16-22-15(23-24-16)10-21-17(25)12-7-3-5-9-14(12)27-18(19)20/h2-8,19H,10H2,1H3,(H,23,27)(H,24,25,26);3-8H,9H2,1-2H3,(H,22,26)(H,23,24,25);2-9,18H,10H2,1H3,(H,21,25)(H,22,23,24). The highest BCUT2D eigenvalue weighted by Gasteiger charge is 2.45. The van der Waals surface area contributed by atoms with E-state index in [4.69, 9.17) is 19.5 Å². The summed E-state index contributed by atoms with van der Waals surface area (Å²) in [4.78, 5) is 50.1. The van der Waals surface area contributed by atoms with Gasteiger partial charge in [-0.3, -0.25) is 29.7 Å². The second kappa shape index (κ2) is 27.5. The Morgan fingerprint density at radius 1 is 0.541 bits per heavy atom. The molecule has 6 aromatic carbocycles. The Morgan fingerprint density at radius 2 is 0.976 bits per heavy atom. The van der Waals surface area contributed by atoms with Gasteiger partial charge in [-0.15, -0.1) is 8.78 Å². The first-order valence-electron chi connectivity index (χ1n) is 24.9. The molecule has 4 heterocycles. The number of nitrogens with zero attached hydrogens (tertiary/aromatic N) is 7. The summed E-state index contributed by atoms with van der Waals surface area (Å²) in [6.45, 7) is -4.20. The number of nitrogens with one attached hydrogen (secondary N) is 6. The molecule has 0 unspecified atom stereocenters. The van der Waals surface area contributed by atoms with Crippen LogP contribution in [-0.2, 0) is 19.6 Å². The van der Waals surface area contributed by atoms with Crippen LogP contribution < -0.4 is 49.1 Å². The number of aromatic nitrogens is 9. The molecule has 0 aliphatic carbocycles. The summed E-state index contributed by atoms with van der Waals surface area (Å²) in [6, 6.07) is 35.3. The summed E-state index contributed by atoms with van der Waals surface area (Å²) in [5.74, 6) is 1.22. The number of carbonyl (C=O) groups is 3. The Bertz CT molecular complexity index is 3850. The Labute approximate surface area is 477 Å². The Morgan fingerprint density at radius 3 is 1.49 bits per heavy atom. The number of aryl methyl sites for hydroxylation is 1. The van der Waals surface area contributed by atoms with Gasteiger partial charge >= 0.3 is 19.5 Å². The van der Waals surface area contributed by atoms with Gasteiger partial charge in [0.05, 0.1) is 86.0 Å². The number of amides is 3. The average Bonchev–Trinajstić information content (AvgIpc) is 3.07. The Balaban J connectivity index is 0.000000166. The van der Waals surface area contributed by atoms with E-state index >= 15 is 0 Å². The molecular weight excluding hydrogens is 1130 g/mol. The first-order chi connectivity index (χ1) is 41.0. The minimum Gasteiger partial charge on any atom is -0.496 e. The van der Waals surface area contributed by atoms with E-state index in [0.717, 1.165) is 11.6 Å². The van der Waals surface area contributed by atoms with Crippen LogP contribution in [0.3, 0.4) is 0 Å². The van der Waals surface area contributed by atoms with Crippen molar-refractivity contribution in [2.24, 2.45) is 0 Å². The van der Waals surface area contributed by atoms with Crippen molar-refractivity contribution in [2.45, 2.75) is 46.1 Å². The molecule has 0 radical (unpaired) electrons. The summed E-state index contributed by atoms with van der Waals surface area (Å²) in [6.07, 6.45) is -3.80. The maximum absolute atomic E-state index is 13.3. The fraction of sp³-hybridized carbons (Fsp3) is 0.179. The molecule has 0 saturated carbocycles. The topological polar surface area (TPSA) is 300 Å². The average molecular weight is 1180 g/mol. The molecule has 23 nitrogen and oxygen atoms in total. The van der Waals surface area contributed by atoms with E-state index in [2.05, 4.69) is 80.4 Å². The van der Waals surface area contributed by atoms with Crippen LogP contribution in [0.5, 0.6) is 40.2 Å². The number of nitriles is 1. The molecule has 10 rings (SSSR count). The first-order valence-corrected chi connectivity index (χ1v) is 24.9. The number of hydrogen-bond donors (Lipinski definition) is 6. The summed E-state index contributed by atoms with van der Waals surface area (Å²) < 4.78 is 110. The maximum Gasteiger partial charge on any atom is 0.586 e. The van der Waals surface area contributed by atoms with Gasteiger partial charge < -0.3 is 49.1 Å². The van der Waals surface area contributed by atoms with Crippen LogP contribution in [-0.4, -0.2) is 104 Å². The van der Waals surface area contributed by atoms with Crippen LogP contribution in [0.15, 0.2) is 127 Å². The summed E-state index contributed by atoms with van der Waals surface area (Å²) in [5.41, 5.74) is 2.96. The van der Waals surface area contributed by atoms with Crippen molar-refractivity contribution in [1.82, 2.24) is 61.5 Å². The summed E-state index contributed by atoms with van der Waals surface area (Å²) in [5, 5.41) is 37.2. The molecule has 0 spiro atoms. The lowest BCUT2D eigenvalue weighted by Gasteiger charge is -2.10. The van der Waals surface area contributed by atoms with Gasteiger partial charge in [0.15, 0.2) is 29.0 Å². The molecule has 438 valence electrons. The van der Waals surface area contributed by atoms with Gasteiger partial charge in [0.1, 0.15) is 46.2 Å². The van der Waals surface area contributed by atoms with Gasteiger partial charge in [-0.2, -0.15) is 38.1 Å². The minimum absolute atomic E-state index is 0.000875. The normalized spacial score (nSPS) is 11.7. The third kappa shape index (κ3) is 15.4. The highest BCUT2D eigenvalue weighted by atomic mass is 19.3. The third-order valence-electron chi connectivity index (χ3n) is 11.7. The highest BCUT2D eigenvalue weighted by molar-refractivity contribution is 5.98. The molecule has 6 N–H and O–H groups in total. The van der Waals surface area contributed by atoms with E-state index in [1.165, 1.54) is 55.6 Å². The van der Waals surface area contributed by atoms with Gasteiger partial charge in [-0.1, -0.05) is 54.1 Å². The van der Waals surface area contributed by atoms with Crippen molar-refractivity contribution in [2.75, 3.05) is 21.3 Å². The molecule has 3 aromatic heterocycles. The highest BCUT2D eigenvalue weighted by Crippen LogP contribution is 2.43. The van der Waals surface area contributed by atoms with Gasteiger partial charge in [0.25, 0.3) is 17.7 Å². The molecular formula is C56H47F6N13O10. The fourth-order valence-electron chi connectivity index (χ4n) is 7.89. The zero-order valence-electron chi connectivity index (χ0n) is 44.9. The SMILES string of the molecule is COc1ccc(C)cc1-c1n[nH]c(CNC(=O)c2cccc3c2OC(F)(F)O3)n1.COc1ccccc1-c1n[nH]c(CNC(=O)c2cc(C#N)ccc2OC(F)F)n1.COc1ccccc1-c1n[nH]c(CNC(=O)c2ccccc2OC(F)F)n1. The lowest BCUT2D eigenvalue weighted by atomic mass is 10.1. The zero-order valence-corrected chi connectivity index (χ0v) is 44.9. The number of rotatable bonds is 19. The Kier molecular flexibility index (Phi) is 19.4. The van der Waals surface area contributed by atoms with E-state index in [1.54, 1.807) is 38.5 Å². The molecule has 1 aliphatic heterocycles. The van der Waals surface area contributed by atoms with Crippen molar-refractivity contribution in [3.8, 4) is 80.5 Å². The molecule has 0 saturated heterocycles. The van der Waals surface area contributed by atoms with Crippen LogP contribution in [0, 0.1) is 18.3 Å². The number of carbonyl (C=O) groups excluding carboxylic acids is 3. The van der Waals surface area contributed by atoms with Crippen molar-refractivity contribution in [3.05, 3.63) is 173 Å². The van der Waals surface area contributed by atoms with Crippen LogP contribution in [0.1, 0.15) is 59.7 Å². The van der Waals surface area contributed by atoms with Crippen molar-refractivity contribution in [3.63, 3.8) is 0 Å². The number of benzene rings is 6. The number of para-hydroxylation sites is 4. The van der Waals surface area contributed by atoms with Gasteiger partial charge in [-0.05, 0) is 85.8 Å². The van der Waals surface area contributed by atoms with Crippen LogP contribution in [0.2, 0.25) is 0 Å². The molecule has 85 heavy (non-hydrogen) atoms. The number of aromatic amines is 3. The molecule has 9 aromatic rings. The molecule has 0 fully saturated rings. The maximum atomic E-state index is 13.3. The summed E-state index contributed by atoms with van der Waals surface area (Å²) in [7, 11) is 4.63. The quantitative estimate of drug-likeness (QED) is 0.0412. The van der Waals surface area contributed by atoms with E-state index in [-0.39, 0.29) is 64.9 Å². The molecule has 29 heteroatoms. The number of methoxy groups -OCH3 is 3. The lowest BCUT2D eigenvalue weighted by molar-refractivity contribution is -0.286. The van der Waals surface area contributed by atoms with Gasteiger partial charge in [0, 0.05) is 0 Å². The first kappa shape index (κ1) is 59.9.